The smallest absolute Gasteiger partial charge is 0.264 e. The number of para-hydroxylation sites is 2. The van der Waals surface area contributed by atoms with E-state index in [4.69, 9.17) is 14.2 Å². The van der Waals surface area contributed by atoms with Crippen molar-refractivity contribution in [1.29, 1.82) is 0 Å². The van der Waals surface area contributed by atoms with Crippen LogP contribution in [0.25, 0.3) is 0 Å². The van der Waals surface area contributed by atoms with E-state index in [2.05, 4.69) is 5.32 Å². The molecule has 1 heterocycles. The maximum atomic E-state index is 12.8. The molecule has 0 radical (unpaired) electrons. The van der Waals surface area contributed by atoms with Crippen LogP contribution in [0.15, 0.2) is 48.5 Å². The average molecular weight is 317 g/mol. The monoisotopic (exact) mass is 317 g/mol. The van der Waals surface area contributed by atoms with Crippen LogP contribution in [-0.4, -0.2) is 31.8 Å². The highest BCUT2D eigenvalue weighted by atomic mass is 19.1. The van der Waals surface area contributed by atoms with Crippen LogP contribution in [0.1, 0.15) is 0 Å². The first kappa shape index (κ1) is 15.1. The third-order valence-electron chi connectivity index (χ3n) is 3.28. The van der Waals surface area contributed by atoms with Crippen LogP contribution in [0.4, 0.5) is 4.39 Å². The van der Waals surface area contributed by atoms with E-state index in [9.17, 15) is 9.18 Å². The number of carbonyl (C=O) groups excluding carboxylic acids is 1. The molecule has 23 heavy (non-hydrogen) atoms. The Morgan fingerprint density at radius 2 is 1.91 bits per heavy atom. The number of carbonyl (C=O) groups is 1. The zero-order chi connectivity index (χ0) is 16.1. The van der Waals surface area contributed by atoms with E-state index in [1.165, 1.54) is 24.3 Å². The predicted molar refractivity (Wildman–Crippen MR) is 81.3 cm³/mol. The maximum Gasteiger partial charge on any atom is 0.264 e. The molecule has 120 valence electrons. The summed E-state index contributed by atoms with van der Waals surface area (Å²) in [5, 5.41) is 2.72. The molecule has 1 N–H and O–H groups in total. The van der Waals surface area contributed by atoms with Gasteiger partial charge in [0.05, 0.1) is 6.54 Å². The molecule has 0 saturated carbocycles. The number of rotatable bonds is 5. The summed E-state index contributed by atoms with van der Waals surface area (Å²) in [5.74, 6) is 1.16. The first-order chi connectivity index (χ1) is 11.2. The van der Waals surface area contributed by atoms with Crippen molar-refractivity contribution in [2.24, 2.45) is 0 Å². The SMILES string of the molecule is O=C(NCCOc1ccc(F)cc1)C1COc2ccccc2O1. The summed E-state index contributed by atoms with van der Waals surface area (Å²) in [6.45, 7) is 0.765. The first-order valence-electron chi connectivity index (χ1n) is 7.27. The van der Waals surface area contributed by atoms with Gasteiger partial charge in [-0.05, 0) is 36.4 Å². The summed E-state index contributed by atoms with van der Waals surface area (Å²) in [6.07, 6.45) is -0.685. The lowest BCUT2D eigenvalue weighted by molar-refractivity contribution is -0.130. The molecule has 2 aromatic carbocycles. The Hall–Kier alpha value is -2.76. The highest BCUT2D eigenvalue weighted by molar-refractivity contribution is 5.81. The highest BCUT2D eigenvalue weighted by Crippen LogP contribution is 2.30. The maximum absolute atomic E-state index is 12.8. The number of halogens is 1. The molecule has 0 fully saturated rings. The molecule has 6 heteroatoms. The number of amides is 1. The Morgan fingerprint density at radius 3 is 2.70 bits per heavy atom. The molecule has 0 spiro atoms. The topological polar surface area (TPSA) is 56.8 Å². The predicted octanol–water partition coefficient (Wildman–Crippen LogP) is 2.16. The average Bonchev–Trinajstić information content (AvgIpc) is 2.59. The Balaban J connectivity index is 1.42. The molecule has 1 atom stereocenters. The molecule has 2 aromatic rings. The normalized spacial score (nSPS) is 15.8. The zero-order valence-electron chi connectivity index (χ0n) is 12.3. The second kappa shape index (κ2) is 7.00. The summed E-state index contributed by atoms with van der Waals surface area (Å²) < 4.78 is 29.2. The minimum atomic E-state index is -0.685. The number of hydrogen-bond donors (Lipinski definition) is 1. The molecular weight excluding hydrogens is 301 g/mol. The fourth-order valence-corrected chi connectivity index (χ4v) is 2.14. The summed E-state index contributed by atoms with van der Waals surface area (Å²) in [7, 11) is 0. The van der Waals surface area contributed by atoms with Crippen LogP contribution < -0.4 is 19.5 Å². The molecular formula is C17H16FNO4. The number of fused-ring (bicyclic) bond motifs is 1. The lowest BCUT2D eigenvalue weighted by Crippen LogP contribution is -2.45. The van der Waals surface area contributed by atoms with Crippen molar-refractivity contribution in [1.82, 2.24) is 5.32 Å². The van der Waals surface area contributed by atoms with Gasteiger partial charge in [0.1, 0.15) is 24.8 Å². The molecule has 1 amide bonds. The largest absolute Gasteiger partial charge is 0.492 e. The van der Waals surface area contributed by atoms with Gasteiger partial charge in [-0.3, -0.25) is 4.79 Å². The van der Waals surface area contributed by atoms with E-state index < -0.39 is 6.10 Å². The van der Waals surface area contributed by atoms with Crippen LogP contribution in [0.3, 0.4) is 0 Å². The van der Waals surface area contributed by atoms with Gasteiger partial charge in [0.25, 0.3) is 5.91 Å². The van der Waals surface area contributed by atoms with E-state index in [0.717, 1.165) is 0 Å². The Bertz CT molecular complexity index is 675. The molecule has 0 saturated heterocycles. The van der Waals surface area contributed by atoms with Crippen LogP contribution in [0.2, 0.25) is 0 Å². The van der Waals surface area contributed by atoms with Crippen LogP contribution in [-0.2, 0) is 4.79 Å². The molecule has 1 aliphatic rings. The minimum absolute atomic E-state index is 0.168. The number of hydrogen-bond acceptors (Lipinski definition) is 4. The number of ether oxygens (including phenoxy) is 3. The Kier molecular flexibility index (Phi) is 4.61. The van der Waals surface area contributed by atoms with E-state index >= 15 is 0 Å². The van der Waals surface area contributed by atoms with E-state index in [0.29, 0.717) is 23.8 Å². The second-order valence-corrected chi connectivity index (χ2v) is 4.96. The van der Waals surface area contributed by atoms with Crippen molar-refractivity contribution in [2.45, 2.75) is 6.10 Å². The third kappa shape index (κ3) is 3.91. The van der Waals surface area contributed by atoms with Crippen molar-refractivity contribution in [3.05, 3.63) is 54.3 Å². The zero-order valence-corrected chi connectivity index (χ0v) is 12.3. The van der Waals surface area contributed by atoms with Gasteiger partial charge in [-0.2, -0.15) is 0 Å². The Labute approximate surface area is 133 Å². The van der Waals surface area contributed by atoms with Crippen LogP contribution >= 0.6 is 0 Å². The minimum Gasteiger partial charge on any atom is -0.492 e. The van der Waals surface area contributed by atoms with Crippen molar-refractivity contribution < 1.29 is 23.4 Å². The summed E-state index contributed by atoms with van der Waals surface area (Å²) in [4.78, 5) is 12.0. The van der Waals surface area contributed by atoms with Gasteiger partial charge in [0, 0.05) is 0 Å². The fraction of sp³-hybridized carbons (Fsp3) is 0.235. The van der Waals surface area contributed by atoms with E-state index in [1.54, 1.807) is 12.1 Å². The lowest BCUT2D eigenvalue weighted by atomic mass is 10.2. The van der Waals surface area contributed by atoms with Crippen molar-refractivity contribution in [3.8, 4) is 17.2 Å². The summed E-state index contributed by atoms with van der Waals surface area (Å²) in [6, 6.07) is 12.9. The quantitative estimate of drug-likeness (QED) is 0.859. The lowest BCUT2D eigenvalue weighted by Gasteiger charge is -2.25. The summed E-state index contributed by atoms with van der Waals surface area (Å²) in [5.41, 5.74) is 0. The first-order valence-corrected chi connectivity index (χ1v) is 7.27. The third-order valence-corrected chi connectivity index (χ3v) is 3.28. The number of benzene rings is 2. The molecule has 1 unspecified atom stereocenters. The van der Waals surface area contributed by atoms with Crippen molar-refractivity contribution in [2.75, 3.05) is 19.8 Å². The molecule has 3 rings (SSSR count). The second-order valence-electron chi connectivity index (χ2n) is 4.96. The van der Waals surface area contributed by atoms with Gasteiger partial charge in [-0.1, -0.05) is 12.1 Å². The Morgan fingerprint density at radius 1 is 1.17 bits per heavy atom. The number of nitrogens with one attached hydrogen (secondary N) is 1. The van der Waals surface area contributed by atoms with Crippen LogP contribution in [0, 0.1) is 5.82 Å². The van der Waals surface area contributed by atoms with Gasteiger partial charge in [-0.25, -0.2) is 4.39 Å². The molecule has 0 aromatic heterocycles. The van der Waals surface area contributed by atoms with Crippen molar-refractivity contribution >= 4 is 5.91 Å². The van der Waals surface area contributed by atoms with E-state index in [1.807, 2.05) is 12.1 Å². The van der Waals surface area contributed by atoms with Gasteiger partial charge < -0.3 is 19.5 Å². The van der Waals surface area contributed by atoms with Crippen molar-refractivity contribution in [3.63, 3.8) is 0 Å². The molecule has 1 aliphatic heterocycles. The van der Waals surface area contributed by atoms with Gasteiger partial charge in [0.15, 0.2) is 11.5 Å². The van der Waals surface area contributed by atoms with Gasteiger partial charge >= 0.3 is 0 Å². The van der Waals surface area contributed by atoms with E-state index in [-0.39, 0.29) is 24.9 Å². The summed E-state index contributed by atoms with van der Waals surface area (Å²) >= 11 is 0. The highest BCUT2D eigenvalue weighted by Gasteiger charge is 2.26. The molecule has 5 nitrogen and oxygen atoms in total. The van der Waals surface area contributed by atoms with Crippen LogP contribution in [0.5, 0.6) is 17.2 Å². The molecule has 0 bridgehead atoms. The van der Waals surface area contributed by atoms with Gasteiger partial charge in [0.2, 0.25) is 6.10 Å². The fourth-order valence-electron chi connectivity index (χ4n) is 2.14. The standard InChI is InChI=1S/C17H16FNO4/c18-12-5-7-13(8-6-12)21-10-9-19-17(20)16-11-22-14-3-1-2-4-15(14)23-16/h1-8,16H,9-11H2,(H,19,20). The molecule has 0 aliphatic carbocycles. The van der Waals surface area contributed by atoms with Gasteiger partial charge in [-0.15, -0.1) is 0 Å².